The zero-order chi connectivity index (χ0) is 22.7. The lowest BCUT2D eigenvalue weighted by atomic mass is 9.97. The summed E-state index contributed by atoms with van der Waals surface area (Å²) in [5, 5.41) is 11.3. The quantitative estimate of drug-likeness (QED) is 0.670. The number of methoxy groups -OCH3 is 1. The van der Waals surface area contributed by atoms with Crippen LogP contribution in [0, 0.1) is 5.92 Å². The van der Waals surface area contributed by atoms with E-state index in [1.54, 1.807) is 37.4 Å². The molecule has 2 aliphatic heterocycles. The van der Waals surface area contributed by atoms with E-state index in [2.05, 4.69) is 11.8 Å². The summed E-state index contributed by atoms with van der Waals surface area (Å²) in [6.07, 6.45) is 1.85. The van der Waals surface area contributed by atoms with Gasteiger partial charge in [0, 0.05) is 24.1 Å². The van der Waals surface area contributed by atoms with Crippen molar-refractivity contribution in [3.63, 3.8) is 0 Å². The Morgan fingerprint density at radius 2 is 1.91 bits per heavy atom. The van der Waals surface area contributed by atoms with Gasteiger partial charge in [0.05, 0.1) is 18.7 Å². The minimum Gasteiger partial charge on any atom is -0.493 e. The predicted octanol–water partition coefficient (Wildman–Crippen LogP) is 4.30. The molecule has 32 heavy (non-hydrogen) atoms. The molecule has 0 saturated carbocycles. The molecule has 1 N–H and O–H groups in total. The highest BCUT2D eigenvalue weighted by Gasteiger charge is 2.40. The van der Waals surface area contributed by atoms with Crippen molar-refractivity contribution in [1.29, 1.82) is 0 Å². The fraction of sp³-hybridized carbons (Fsp3) is 0.480. The first-order valence-corrected chi connectivity index (χ1v) is 11.6. The van der Waals surface area contributed by atoms with Crippen LogP contribution >= 0.6 is 11.6 Å². The minimum absolute atomic E-state index is 0.154. The number of benzene rings is 2. The molecule has 6 nitrogen and oxygen atoms in total. The van der Waals surface area contributed by atoms with E-state index in [0.717, 1.165) is 31.1 Å². The number of ether oxygens (including phenoxy) is 2. The van der Waals surface area contributed by atoms with Crippen LogP contribution in [-0.4, -0.2) is 55.5 Å². The second kappa shape index (κ2) is 10.1. The van der Waals surface area contributed by atoms with E-state index in [-0.39, 0.29) is 5.91 Å². The van der Waals surface area contributed by atoms with Crippen molar-refractivity contribution in [1.82, 2.24) is 4.90 Å². The lowest BCUT2D eigenvalue weighted by molar-refractivity contribution is -0.118. The van der Waals surface area contributed by atoms with E-state index in [4.69, 9.17) is 21.1 Å². The van der Waals surface area contributed by atoms with Crippen molar-refractivity contribution in [3.8, 4) is 11.5 Å². The number of halogens is 1. The maximum Gasteiger partial charge on any atom is 0.236 e. The van der Waals surface area contributed by atoms with Crippen molar-refractivity contribution in [2.24, 2.45) is 5.92 Å². The van der Waals surface area contributed by atoms with Crippen LogP contribution in [0.25, 0.3) is 0 Å². The molecule has 7 heteroatoms. The molecule has 2 saturated heterocycles. The van der Waals surface area contributed by atoms with Crippen LogP contribution in [0.15, 0.2) is 42.5 Å². The standard InChI is InChI=1S/C25H31ClN2O4/c1-17-8-10-27(11-9-17)12-13-32-23-15-20(6-7-22(23)31-2)28-24(29)16-21(25(28)30)18-4-3-5-19(26)14-18/h3-7,14-15,17,21,24,29H,8-13,16H2,1-2H3. The van der Waals surface area contributed by atoms with Gasteiger partial charge in [-0.2, -0.15) is 0 Å². The van der Waals surface area contributed by atoms with Crippen molar-refractivity contribution in [2.75, 3.05) is 38.3 Å². The fourth-order valence-corrected chi connectivity index (χ4v) is 4.73. The Labute approximate surface area is 194 Å². The van der Waals surface area contributed by atoms with Crippen LogP contribution in [0.1, 0.15) is 37.7 Å². The van der Waals surface area contributed by atoms with Crippen LogP contribution in [0.5, 0.6) is 11.5 Å². The summed E-state index contributed by atoms with van der Waals surface area (Å²) < 4.78 is 11.5. The highest BCUT2D eigenvalue weighted by Crippen LogP contribution is 2.39. The van der Waals surface area contributed by atoms with Gasteiger partial charge in [0.15, 0.2) is 11.5 Å². The predicted molar refractivity (Wildman–Crippen MR) is 126 cm³/mol. The number of likely N-dealkylation sites (tertiary alicyclic amines) is 1. The molecule has 2 aromatic carbocycles. The summed E-state index contributed by atoms with van der Waals surface area (Å²) >= 11 is 6.11. The number of anilines is 1. The van der Waals surface area contributed by atoms with Gasteiger partial charge in [-0.25, -0.2) is 0 Å². The molecule has 2 unspecified atom stereocenters. The highest BCUT2D eigenvalue weighted by atomic mass is 35.5. The Hall–Kier alpha value is -2.28. The number of hydrogen-bond acceptors (Lipinski definition) is 5. The summed E-state index contributed by atoms with van der Waals surface area (Å²) in [6.45, 7) is 5.88. The molecule has 2 fully saturated rings. The number of aliphatic hydroxyl groups excluding tert-OH is 1. The highest BCUT2D eigenvalue weighted by molar-refractivity contribution is 6.30. The van der Waals surface area contributed by atoms with Gasteiger partial charge in [-0.15, -0.1) is 0 Å². The number of hydrogen-bond donors (Lipinski definition) is 1. The number of piperidine rings is 1. The molecule has 2 atom stereocenters. The second-order valence-corrected chi connectivity index (χ2v) is 9.18. The van der Waals surface area contributed by atoms with E-state index < -0.39 is 12.1 Å². The van der Waals surface area contributed by atoms with Crippen molar-refractivity contribution in [2.45, 2.75) is 38.3 Å². The first-order valence-electron chi connectivity index (χ1n) is 11.3. The topological polar surface area (TPSA) is 62.2 Å². The molecule has 2 aliphatic rings. The van der Waals surface area contributed by atoms with Gasteiger partial charge >= 0.3 is 0 Å². The molecule has 0 radical (unpaired) electrons. The molecule has 2 aromatic rings. The maximum atomic E-state index is 13.2. The first kappa shape index (κ1) is 22.9. The number of carbonyl (C=O) groups excluding carboxylic acids is 1. The molecule has 172 valence electrons. The van der Waals surface area contributed by atoms with E-state index in [9.17, 15) is 9.90 Å². The summed E-state index contributed by atoms with van der Waals surface area (Å²) in [4.78, 5) is 17.0. The van der Waals surface area contributed by atoms with Gasteiger partial charge in [0.2, 0.25) is 5.91 Å². The van der Waals surface area contributed by atoms with Crippen LogP contribution < -0.4 is 14.4 Å². The fourth-order valence-electron chi connectivity index (χ4n) is 4.53. The van der Waals surface area contributed by atoms with Crippen LogP contribution in [-0.2, 0) is 4.79 Å². The largest absolute Gasteiger partial charge is 0.493 e. The lowest BCUT2D eigenvalue weighted by Crippen LogP contribution is -2.35. The normalized spacial score (nSPS) is 22.4. The van der Waals surface area contributed by atoms with E-state index in [1.165, 1.54) is 17.7 Å². The molecule has 0 aromatic heterocycles. The van der Waals surface area contributed by atoms with E-state index in [1.807, 2.05) is 12.1 Å². The van der Waals surface area contributed by atoms with Gasteiger partial charge in [-0.1, -0.05) is 30.7 Å². The molecular weight excluding hydrogens is 428 g/mol. The monoisotopic (exact) mass is 458 g/mol. The minimum atomic E-state index is -0.914. The van der Waals surface area contributed by atoms with Gasteiger partial charge in [-0.05, 0) is 61.7 Å². The van der Waals surface area contributed by atoms with Gasteiger partial charge in [-0.3, -0.25) is 14.6 Å². The smallest absolute Gasteiger partial charge is 0.236 e. The molecular formula is C25H31ClN2O4. The first-order chi connectivity index (χ1) is 15.5. The van der Waals surface area contributed by atoms with Crippen molar-refractivity contribution in [3.05, 3.63) is 53.1 Å². The number of carbonyl (C=O) groups is 1. The number of aliphatic hydroxyl groups is 1. The van der Waals surface area contributed by atoms with E-state index in [0.29, 0.717) is 35.2 Å². The number of rotatable bonds is 7. The summed E-state index contributed by atoms with van der Waals surface area (Å²) in [7, 11) is 1.60. The summed E-state index contributed by atoms with van der Waals surface area (Å²) in [5.41, 5.74) is 1.40. The Morgan fingerprint density at radius 1 is 1.12 bits per heavy atom. The third-order valence-electron chi connectivity index (χ3n) is 6.50. The molecule has 0 spiro atoms. The SMILES string of the molecule is COc1ccc(N2C(=O)C(c3cccc(Cl)c3)CC2O)cc1OCCN1CCC(C)CC1. The van der Waals surface area contributed by atoms with Crippen molar-refractivity contribution < 1.29 is 19.4 Å². The lowest BCUT2D eigenvalue weighted by Gasteiger charge is -2.30. The zero-order valence-corrected chi connectivity index (χ0v) is 19.4. The van der Waals surface area contributed by atoms with Gasteiger partial charge in [0.25, 0.3) is 0 Å². The average molecular weight is 459 g/mol. The van der Waals surface area contributed by atoms with Crippen LogP contribution in [0.3, 0.4) is 0 Å². The van der Waals surface area contributed by atoms with Crippen LogP contribution in [0.2, 0.25) is 5.02 Å². The summed E-state index contributed by atoms with van der Waals surface area (Å²) in [6, 6.07) is 12.6. The molecule has 1 amide bonds. The van der Waals surface area contributed by atoms with Crippen molar-refractivity contribution >= 4 is 23.2 Å². The number of amides is 1. The molecule has 2 heterocycles. The Kier molecular flexibility index (Phi) is 7.23. The third kappa shape index (κ3) is 5.03. The Morgan fingerprint density at radius 3 is 2.62 bits per heavy atom. The molecule has 0 aliphatic carbocycles. The molecule has 4 rings (SSSR count). The third-order valence-corrected chi connectivity index (χ3v) is 6.73. The molecule has 0 bridgehead atoms. The average Bonchev–Trinajstić information content (AvgIpc) is 3.09. The Balaban J connectivity index is 1.47. The number of nitrogens with zero attached hydrogens (tertiary/aromatic N) is 2. The van der Waals surface area contributed by atoms with E-state index >= 15 is 0 Å². The van der Waals surface area contributed by atoms with Gasteiger partial charge < -0.3 is 14.6 Å². The maximum absolute atomic E-state index is 13.2. The summed E-state index contributed by atoms with van der Waals surface area (Å²) in [5.74, 6) is 1.38. The van der Waals surface area contributed by atoms with Gasteiger partial charge in [0.1, 0.15) is 12.8 Å². The second-order valence-electron chi connectivity index (χ2n) is 8.74. The zero-order valence-electron chi connectivity index (χ0n) is 18.7. The van der Waals surface area contributed by atoms with Crippen LogP contribution in [0.4, 0.5) is 5.69 Å². The Bertz CT molecular complexity index is 945.